The summed E-state index contributed by atoms with van der Waals surface area (Å²) in [5.74, 6) is 5.78. The molecule has 0 saturated heterocycles. The lowest BCUT2D eigenvalue weighted by Crippen LogP contribution is -2.26. The van der Waals surface area contributed by atoms with E-state index in [-0.39, 0.29) is 0 Å². The smallest absolute Gasteiger partial charge is 0.0591 e. The molecule has 0 spiro atoms. The van der Waals surface area contributed by atoms with E-state index in [1.54, 1.807) is 0 Å². The van der Waals surface area contributed by atoms with Crippen molar-refractivity contribution in [3.63, 3.8) is 0 Å². The van der Waals surface area contributed by atoms with Crippen molar-refractivity contribution in [2.45, 2.75) is 33.2 Å². The molecule has 0 aromatic carbocycles. The van der Waals surface area contributed by atoms with Gasteiger partial charge >= 0.3 is 0 Å². The van der Waals surface area contributed by atoms with E-state index in [0.29, 0.717) is 6.04 Å². The third-order valence-electron chi connectivity index (χ3n) is 1.35. The van der Waals surface area contributed by atoms with Gasteiger partial charge in [0.2, 0.25) is 0 Å². The highest BCUT2D eigenvalue weighted by atomic mass is 16.5. The van der Waals surface area contributed by atoms with Crippen LogP contribution in [0.15, 0.2) is 0 Å². The summed E-state index contributed by atoms with van der Waals surface area (Å²) >= 11 is 0. The van der Waals surface area contributed by atoms with Gasteiger partial charge in [-0.2, -0.15) is 0 Å². The molecule has 2 heteroatoms. The van der Waals surface area contributed by atoms with E-state index in [0.717, 1.165) is 26.2 Å². The molecule has 0 aromatic heterocycles. The summed E-state index contributed by atoms with van der Waals surface area (Å²) in [4.78, 5) is 0. The van der Waals surface area contributed by atoms with Crippen molar-refractivity contribution in [3.8, 4) is 11.8 Å². The highest BCUT2D eigenvalue weighted by Crippen LogP contribution is 1.80. The van der Waals surface area contributed by atoms with Gasteiger partial charge in [0.15, 0.2) is 0 Å². The number of rotatable bonds is 6. The zero-order valence-corrected chi connectivity index (χ0v) is 8.31. The van der Waals surface area contributed by atoms with Crippen LogP contribution in [0.1, 0.15) is 27.2 Å². The molecular formula is C10H19NO. The Hall–Kier alpha value is -0.520. The molecule has 70 valence electrons. The van der Waals surface area contributed by atoms with E-state index in [1.807, 2.05) is 6.92 Å². The molecule has 0 aromatic rings. The Morgan fingerprint density at radius 2 is 2.08 bits per heavy atom. The molecule has 0 unspecified atom stereocenters. The minimum atomic E-state index is 0.545. The molecule has 0 heterocycles. The Morgan fingerprint density at radius 1 is 1.33 bits per heavy atom. The first kappa shape index (κ1) is 11.5. The van der Waals surface area contributed by atoms with Crippen molar-refractivity contribution in [2.75, 3.05) is 19.8 Å². The minimum Gasteiger partial charge on any atom is -0.379 e. The molecule has 0 aliphatic carbocycles. The van der Waals surface area contributed by atoms with Crippen LogP contribution in [0.25, 0.3) is 0 Å². The van der Waals surface area contributed by atoms with Gasteiger partial charge in [0, 0.05) is 19.0 Å². The molecule has 0 aliphatic rings. The van der Waals surface area contributed by atoms with Crippen LogP contribution in [0.3, 0.4) is 0 Å². The van der Waals surface area contributed by atoms with Crippen LogP contribution >= 0.6 is 0 Å². The second kappa shape index (κ2) is 8.58. The van der Waals surface area contributed by atoms with Crippen LogP contribution in [0.4, 0.5) is 0 Å². The molecule has 0 aliphatic heterocycles. The largest absolute Gasteiger partial charge is 0.379 e. The normalized spacial score (nSPS) is 9.67. The van der Waals surface area contributed by atoms with Gasteiger partial charge in [-0.1, -0.05) is 13.8 Å². The molecule has 0 bridgehead atoms. The van der Waals surface area contributed by atoms with E-state index in [9.17, 15) is 0 Å². The maximum atomic E-state index is 5.32. The number of hydrogen-bond donors (Lipinski definition) is 1. The fourth-order valence-corrected chi connectivity index (χ4v) is 0.770. The lowest BCUT2D eigenvalue weighted by atomic mass is 10.4. The van der Waals surface area contributed by atoms with Crippen molar-refractivity contribution in [3.05, 3.63) is 0 Å². The van der Waals surface area contributed by atoms with E-state index in [1.165, 1.54) is 0 Å². The summed E-state index contributed by atoms with van der Waals surface area (Å²) in [6.45, 7) is 8.56. The zero-order chi connectivity index (χ0) is 9.23. The fraction of sp³-hybridized carbons (Fsp3) is 0.800. The monoisotopic (exact) mass is 169 g/mol. The van der Waals surface area contributed by atoms with Gasteiger partial charge in [0.25, 0.3) is 0 Å². The van der Waals surface area contributed by atoms with Crippen LogP contribution in [-0.2, 0) is 4.74 Å². The lowest BCUT2D eigenvalue weighted by molar-refractivity contribution is 0.140. The molecular weight excluding hydrogens is 150 g/mol. The SMILES string of the molecule is CC#CCCOCCNC(C)C. The Morgan fingerprint density at radius 3 is 2.67 bits per heavy atom. The van der Waals surface area contributed by atoms with Gasteiger partial charge in [-0.25, -0.2) is 0 Å². The van der Waals surface area contributed by atoms with E-state index in [4.69, 9.17) is 4.74 Å². The summed E-state index contributed by atoms with van der Waals surface area (Å²) < 4.78 is 5.32. The average Bonchev–Trinajstić information content (AvgIpc) is 2.02. The molecule has 0 fully saturated rings. The molecule has 2 nitrogen and oxygen atoms in total. The number of nitrogens with one attached hydrogen (secondary N) is 1. The number of ether oxygens (including phenoxy) is 1. The van der Waals surface area contributed by atoms with Crippen molar-refractivity contribution in [2.24, 2.45) is 0 Å². The fourth-order valence-electron chi connectivity index (χ4n) is 0.770. The quantitative estimate of drug-likeness (QED) is 0.479. The summed E-state index contributed by atoms with van der Waals surface area (Å²) in [6.07, 6.45) is 0.845. The van der Waals surface area contributed by atoms with Gasteiger partial charge in [-0.3, -0.25) is 0 Å². The lowest BCUT2D eigenvalue weighted by Gasteiger charge is -2.07. The van der Waals surface area contributed by atoms with Gasteiger partial charge in [-0.15, -0.1) is 11.8 Å². The second-order valence-electron chi connectivity index (χ2n) is 2.90. The maximum absolute atomic E-state index is 5.32. The van der Waals surface area contributed by atoms with E-state index >= 15 is 0 Å². The van der Waals surface area contributed by atoms with Crippen LogP contribution in [0, 0.1) is 11.8 Å². The summed E-state index contributed by atoms with van der Waals surface area (Å²) in [6, 6.07) is 0.545. The van der Waals surface area contributed by atoms with E-state index in [2.05, 4.69) is 31.0 Å². The standard InChI is InChI=1S/C10H19NO/c1-4-5-6-8-12-9-7-11-10(2)3/h10-11H,6-9H2,1-3H3. The topological polar surface area (TPSA) is 21.3 Å². The molecule has 0 amide bonds. The van der Waals surface area contributed by atoms with Crippen molar-refractivity contribution in [1.82, 2.24) is 5.32 Å². The van der Waals surface area contributed by atoms with Crippen LogP contribution < -0.4 is 5.32 Å². The summed E-state index contributed by atoms with van der Waals surface area (Å²) in [5.41, 5.74) is 0. The van der Waals surface area contributed by atoms with E-state index < -0.39 is 0 Å². The second-order valence-corrected chi connectivity index (χ2v) is 2.90. The van der Waals surface area contributed by atoms with Crippen LogP contribution in [-0.4, -0.2) is 25.8 Å². The highest BCUT2D eigenvalue weighted by Gasteiger charge is 1.90. The Kier molecular flexibility index (Phi) is 8.20. The van der Waals surface area contributed by atoms with Crippen LogP contribution in [0.5, 0.6) is 0 Å². The van der Waals surface area contributed by atoms with Gasteiger partial charge < -0.3 is 10.1 Å². The van der Waals surface area contributed by atoms with Crippen molar-refractivity contribution >= 4 is 0 Å². The number of hydrogen-bond acceptors (Lipinski definition) is 2. The maximum Gasteiger partial charge on any atom is 0.0591 e. The average molecular weight is 169 g/mol. The predicted molar refractivity (Wildman–Crippen MR) is 52.0 cm³/mol. The van der Waals surface area contributed by atoms with Gasteiger partial charge in [0.05, 0.1) is 13.2 Å². The first-order valence-corrected chi connectivity index (χ1v) is 4.48. The Bertz CT molecular complexity index is 144. The minimum absolute atomic E-state index is 0.545. The van der Waals surface area contributed by atoms with Crippen molar-refractivity contribution in [1.29, 1.82) is 0 Å². The third kappa shape index (κ3) is 9.48. The molecule has 0 saturated carbocycles. The van der Waals surface area contributed by atoms with Crippen molar-refractivity contribution < 1.29 is 4.74 Å². The van der Waals surface area contributed by atoms with Gasteiger partial charge in [0.1, 0.15) is 0 Å². The Balaban J connectivity index is 2.94. The molecule has 0 radical (unpaired) electrons. The van der Waals surface area contributed by atoms with Crippen LogP contribution in [0.2, 0.25) is 0 Å². The predicted octanol–water partition coefficient (Wildman–Crippen LogP) is 1.41. The molecule has 12 heavy (non-hydrogen) atoms. The molecule has 0 atom stereocenters. The summed E-state index contributed by atoms with van der Waals surface area (Å²) in [5, 5.41) is 3.28. The van der Waals surface area contributed by atoms with Gasteiger partial charge in [-0.05, 0) is 6.92 Å². The Labute approximate surface area is 75.7 Å². The first-order valence-electron chi connectivity index (χ1n) is 4.48. The molecule has 0 rings (SSSR count). The highest BCUT2D eigenvalue weighted by molar-refractivity contribution is 4.94. The first-order chi connectivity index (χ1) is 5.77. The zero-order valence-electron chi connectivity index (χ0n) is 8.31. The molecule has 1 N–H and O–H groups in total. The summed E-state index contributed by atoms with van der Waals surface area (Å²) in [7, 11) is 0. The third-order valence-corrected chi connectivity index (χ3v) is 1.35.